The maximum atomic E-state index is 4.39. The highest BCUT2D eigenvalue weighted by molar-refractivity contribution is 5.18. The van der Waals surface area contributed by atoms with Crippen LogP contribution in [0.15, 0.2) is 36.5 Å². The van der Waals surface area contributed by atoms with Gasteiger partial charge in [-0.1, -0.05) is 42.5 Å². The van der Waals surface area contributed by atoms with Gasteiger partial charge in [0.25, 0.3) is 0 Å². The number of benzene rings is 1. The van der Waals surface area contributed by atoms with E-state index in [1.807, 2.05) is 0 Å². The molecule has 2 aromatic rings. The number of aromatic nitrogens is 3. The summed E-state index contributed by atoms with van der Waals surface area (Å²) in [6.45, 7) is 5.92. The molecule has 0 N–H and O–H groups in total. The maximum absolute atomic E-state index is 4.39. The van der Waals surface area contributed by atoms with Gasteiger partial charge in [0.1, 0.15) is 0 Å². The van der Waals surface area contributed by atoms with E-state index in [9.17, 15) is 0 Å². The van der Waals surface area contributed by atoms with Crippen molar-refractivity contribution in [1.29, 1.82) is 0 Å². The van der Waals surface area contributed by atoms with Gasteiger partial charge in [0.15, 0.2) is 0 Å². The smallest absolute Gasteiger partial charge is 0.0858 e. The average Bonchev–Trinajstić information content (AvgIpc) is 3.38. The SMILES string of the molecule is CC(CCN1CCC(n2cc(C3CC3)nn2)CC1)c1ccccc1. The van der Waals surface area contributed by atoms with Crippen molar-refractivity contribution in [3.8, 4) is 0 Å². The summed E-state index contributed by atoms with van der Waals surface area (Å²) >= 11 is 0. The first-order valence-electron chi connectivity index (χ1n) is 9.48. The summed E-state index contributed by atoms with van der Waals surface area (Å²) < 4.78 is 2.14. The maximum Gasteiger partial charge on any atom is 0.0858 e. The van der Waals surface area contributed by atoms with Crippen molar-refractivity contribution in [1.82, 2.24) is 19.9 Å². The molecule has 0 bridgehead atoms. The van der Waals surface area contributed by atoms with Gasteiger partial charge in [-0.05, 0) is 50.1 Å². The zero-order valence-corrected chi connectivity index (χ0v) is 14.6. The van der Waals surface area contributed by atoms with Crippen LogP contribution in [-0.4, -0.2) is 39.5 Å². The molecule has 1 aromatic heterocycles. The van der Waals surface area contributed by atoms with Crippen LogP contribution in [0.1, 0.15) is 68.2 Å². The van der Waals surface area contributed by atoms with Gasteiger partial charge in [0.2, 0.25) is 0 Å². The van der Waals surface area contributed by atoms with Gasteiger partial charge in [-0.3, -0.25) is 0 Å². The summed E-state index contributed by atoms with van der Waals surface area (Å²) in [6, 6.07) is 11.4. The van der Waals surface area contributed by atoms with Gasteiger partial charge >= 0.3 is 0 Å². The summed E-state index contributed by atoms with van der Waals surface area (Å²) in [4.78, 5) is 2.62. The third kappa shape index (κ3) is 3.69. The minimum Gasteiger partial charge on any atom is -0.303 e. The summed E-state index contributed by atoms with van der Waals surface area (Å²) in [6.07, 6.45) is 8.45. The minimum absolute atomic E-state index is 0.549. The molecule has 1 atom stereocenters. The lowest BCUT2D eigenvalue weighted by molar-refractivity contribution is 0.174. The monoisotopic (exact) mass is 324 g/mol. The van der Waals surface area contributed by atoms with Crippen LogP contribution in [0.3, 0.4) is 0 Å². The molecule has 4 heteroatoms. The van der Waals surface area contributed by atoms with E-state index in [2.05, 4.69) is 63.3 Å². The molecule has 128 valence electrons. The van der Waals surface area contributed by atoms with Gasteiger partial charge in [0.05, 0.1) is 11.7 Å². The van der Waals surface area contributed by atoms with Gasteiger partial charge in [-0.2, -0.15) is 0 Å². The fourth-order valence-corrected chi connectivity index (χ4v) is 3.77. The van der Waals surface area contributed by atoms with Crippen molar-refractivity contribution in [3.05, 3.63) is 47.8 Å². The molecule has 2 heterocycles. The summed E-state index contributed by atoms with van der Waals surface area (Å²) in [7, 11) is 0. The van der Waals surface area contributed by atoms with E-state index in [4.69, 9.17) is 0 Å². The molecule has 1 aromatic carbocycles. The van der Waals surface area contributed by atoms with Crippen LogP contribution < -0.4 is 0 Å². The van der Waals surface area contributed by atoms with E-state index in [-0.39, 0.29) is 0 Å². The van der Waals surface area contributed by atoms with Gasteiger partial charge in [-0.25, -0.2) is 4.68 Å². The predicted octanol–water partition coefficient (Wildman–Crippen LogP) is 3.99. The molecule has 4 nitrogen and oxygen atoms in total. The molecule has 2 aliphatic rings. The lowest BCUT2D eigenvalue weighted by Crippen LogP contribution is -2.35. The molecule has 1 unspecified atom stereocenters. The Hall–Kier alpha value is -1.68. The van der Waals surface area contributed by atoms with Gasteiger partial charge < -0.3 is 4.90 Å². The van der Waals surface area contributed by atoms with E-state index in [0.717, 1.165) is 0 Å². The lowest BCUT2D eigenvalue weighted by Gasteiger charge is -2.32. The third-order valence-corrected chi connectivity index (χ3v) is 5.70. The molecule has 0 radical (unpaired) electrons. The Morgan fingerprint density at radius 3 is 2.54 bits per heavy atom. The van der Waals surface area contributed by atoms with Crippen LogP contribution in [0, 0.1) is 0 Å². The quantitative estimate of drug-likeness (QED) is 0.806. The van der Waals surface area contributed by atoms with Crippen molar-refractivity contribution in [2.45, 2.75) is 56.9 Å². The van der Waals surface area contributed by atoms with Crippen molar-refractivity contribution in [2.24, 2.45) is 0 Å². The van der Waals surface area contributed by atoms with Crippen LogP contribution in [0.5, 0.6) is 0 Å². The van der Waals surface area contributed by atoms with E-state index in [1.54, 1.807) is 0 Å². The second kappa shape index (κ2) is 7.06. The molecule has 2 fully saturated rings. The minimum atomic E-state index is 0.549. The fraction of sp³-hybridized carbons (Fsp3) is 0.600. The first-order chi connectivity index (χ1) is 11.8. The van der Waals surface area contributed by atoms with E-state index in [1.165, 1.54) is 63.0 Å². The summed E-state index contributed by atoms with van der Waals surface area (Å²) in [5, 5.41) is 8.75. The number of nitrogens with zero attached hydrogens (tertiary/aromatic N) is 4. The van der Waals surface area contributed by atoms with E-state index >= 15 is 0 Å². The van der Waals surface area contributed by atoms with E-state index in [0.29, 0.717) is 17.9 Å². The number of hydrogen-bond acceptors (Lipinski definition) is 3. The van der Waals surface area contributed by atoms with E-state index < -0.39 is 0 Å². The van der Waals surface area contributed by atoms with Crippen molar-refractivity contribution >= 4 is 0 Å². The van der Waals surface area contributed by atoms with Crippen LogP contribution in [0.2, 0.25) is 0 Å². The Kier molecular flexibility index (Phi) is 4.65. The first-order valence-corrected chi connectivity index (χ1v) is 9.48. The highest BCUT2D eigenvalue weighted by Gasteiger charge is 2.28. The van der Waals surface area contributed by atoms with Crippen LogP contribution in [0.4, 0.5) is 0 Å². The number of piperidine rings is 1. The van der Waals surface area contributed by atoms with Gasteiger partial charge in [-0.15, -0.1) is 5.10 Å². The summed E-state index contributed by atoms with van der Waals surface area (Å²) in [5.74, 6) is 1.35. The zero-order chi connectivity index (χ0) is 16.4. The second-order valence-corrected chi connectivity index (χ2v) is 7.57. The number of rotatable bonds is 6. The highest BCUT2D eigenvalue weighted by atomic mass is 15.4. The Labute approximate surface area is 144 Å². The Bertz CT molecular complexity index is 639. The molecule has 0 amide bonds. The molecule has 0 spiro atoms. The predicted molar refractivity (Wildman–Crippen MR) is 96.2 cm³/mol. The molecular weight excluding hydrogens is 296 g/mol. The molecule has 4 rings (SSSR count). The zero-order valence-electron chi connectivity index (χ0n) is 14.6. The van der Waals surface area contributed by atoms with Crippen molar-refractivity contribution in [3.63, 3.8) is 0 Å². The Morgan fingerprint density at radius 1 is 1.08 bits per heavy atom. The van der Waals surface area contributed by atoms with Gasteiger partial charge in [0, 0.05) is 25.2 Å². The number of hydrogen-bond donors (Lipinski definition) is 0. The van der Waals surface area contributed by atoms with Crippen molar-refractivity contribution in [2.75, 3.05) is 19.6 Å². The Balaban J connectivity index is 1.24. The lowest BCUT2D eigenvalue weighted by atomic mass is 9.97. The third-order valence-electron chi connectivity index (χ3n) is 5.70. The molecular formula is C20H28N4. The molecule has 1 saturated carbocycles. The average molecular weight is 324 g/mol. The van der Waals surface area contributed by atoms with Crippen LogP contribution in [-0.2, 0) is 0 Å². The molecule has 1 aliphatic carbocycles. The van der Waals surface area contributed by atoms with Crippen LogP contribution in [0.25, 0.3) is 0 Å². The normalized spacial score (nSPS) is 21.0. The second-order valence-electron chi connectivity index (χ2n) is 7.57. The first kappa shape index (κ1) is 15.8. The highest BCUT2D eigenvalue weighted by Crippen LogP contribution is 2.39. The van der Waals surface area contributed by atoms with Crippen molar-refractivity contribution < 1.29 is 0 Å². The topological polar surface area (TPSA) is 34.0 Å². The fourth-order valence-electron chi connectivity index (χ4n) is 3.77. The molecule has 1 saturated heterocycles. The van der Waals surface area contributed by atoms with Crippen LogP contribution >= 0.6 is 0 Å². The Morgan fingerprint density at radius 2 is 1.83 bits per heavy atom. The number of likely N-dealkylation sites (tertiary alicyclic amines) is 1. The molecule has 24 heavy (non-hydrogen) atoms. The largest absolute Gasteiger partial charge is 0.303 e. The molecule has 1 aliphatic heterocycles. The summed E-state index contributed by atoms with van der Waals surface area (Å²) in [5.41, 5.74) is 2.68. The standard InChI is InChI=1S/C20H28N4/c1-16(17-5-3-2-4-6-17)9-12-23-13-10-19(11-14-23)24-15-20(21-22-24)18-7-8-18/h2-6,15-16,18-19H,7-14H2,1H3.